The number of primary amides is 1. The Morgan fingerprint density at radius 3 is 1.90 bits per heavy atom. The van der Waals surface area contributed by atoms with Crippen molar-refractivity contribution < 1.29 is 9.59 Å². The monoisotopic (exact) mass is 164 g/mol. The summed E-state index contributed by atoms with van der Waals surface area (Å²) in [5.41, 5.74) is 4.58. The molecule has 0 saturated heterocycles. The van der Waals surface area contributed by atoms with Gasteiger partial charge in [-0.3, -0.25) is 9.59 Å². The van der Waals surface area contributed by atoms with Gasteiger partial charge in [0.2, 0.25) is 12.3 Å². The SMILES string of the molecule is CN(C)C=O.NC(=O)CS. The molecule has 0 aromatic heterocycles. The van der Waals surface area contributed by atoms with Crippen LogP contribution in [-0.2, 0) is 9.59 Å². The zero-order valence-corrected chi connectivity index (χ0v) is 6.97. The zero-order chi connectivity index (χ0) is 8.57. The van der Waals surface area contributed by atoms with Crippen LogP contribution >= 0.6 is 12.6 Å². The second-order valence-electron chi connectivity index (χ2n) is 1.69. The molecule has 0 aliphatic rings. The summed E-state index contributed by atoms with van der Waals surface area (Å²) in [5, 5.41) is 0. The molecule has 0 saturated carbocycles. The number of amides is 2. The topological polar surface area (TPSA) is 63.4 Å². The van der Waals surface area contributed by atoms with E-state index in [-0.39, 0.29) is 11.7 Å². The molecule has 0 radical (unpaired) electrons. The third kappa shape index (κ3) is 26.6. The summed E-state index contributed by atoms with van der Waals surface area (Å²) in [6.07, 6.45) is 0.750. The molecule has 2 amide bonds. The van der Waals surface area contributed by atoms with Gasteiger partial charge < -0.3 is 10.6 Å². The number of nitrogens with two attached hydrogens (primary N) is 1. The van der Waals surface area contributed by atoms with E-state index in [9.17, 15) is 9.59 Å². The van der Waals surface area contributed by atoms with E-state index in [2.05, 4.69) is 18.4 Å². The third-order valence-electron chi connectivity index (χ3n) is 0.367. The fourth-order valence-electron chi connectivity index (χ4n) is 0. The summed E-state index contributed by atoms with van der Waals surface area (Å²) in [5.74, 6) is -0.242. The summed E-state index contributed by atoms with van der Waals surface area (Å²) in [6.45, 7) is 0. The van der Waals surface area contributed by atoms with Crippen LogP contribution in [0.2, 0.25) is 0 Å². The Kier molecular flexibility index (Phi) is 9.96. The Labute approximate surface area is 65.8 Å². The van der Waals surface area contributed by atoms with Crippen LogP contribution in [0.1, 0.15) is 0 Å². The van der Waals surface area contributed by atoms with Gasteiger partial charge in [-0.1, -0.05) is 0 Å². The van der Waals surface area contributed by atoms with Crippen molar-refractivity contribution in [3.05, 3.63) is 0 Å². The van der Waals surface area contributed by atoms with Crippen LogP contribution in [0.5, 0.6) is 0 Å². The molecule has 0 aliphatic carbocycles. The molecule has 60 valence electrons. The highest BCUT2D eigenvalue weighted by molar-refractivity contribution is 7.81. The van der Waals surface area contributed by atoms with E-state index < -0.39 is 0 Å². The molecule has 0 rings (SSSR count). The maximum Gasteiger partial charge on any atom is 0.227 e. The Morgan fingerprint density at radius 2 is 1.90 bits per heavy atom. The fourth-order valence-corrected chi connectivity index (χ4v) is 0. The maximum atomic E-state index is 9.51. The maximum absolute atomic E-state index is 9.51. The lowest BCUT2D eigenvalue weighted by molar-refractivity contribution is -0.116. The average Bonchev–Trinajstić information content (AvgIpc) is 1.89. The first-order valence-corrected chi connectivity index (χ1v) is 3.18. The molecule has 0 spiro atoms. The normalized spacial score (nSPS) is 7.10. The van der Waals surface area contributed by atoms with Gasteiger partial charge >= 0.3 is 0 Å². The molecule has 0 heterocycles. The quantitative estimate of drug-likeness (QED) is 0.410. The molecule has 0 atom stereocenters. The fraction of sp³-hybridized carbons (Fsp3) is 0.600. The predicted molar refractivity (Wildman–Crippen MR) is 42.8 cm³/mol. The van der Waals surface area contributed by atoms with Crippen LogP contribution in [0.4, 0.5) is 0 Å². The van der Waals surface area contributed by atoms with Crippen LogP contribution in [-0.4, -0.2) is 37.1 Å². The summed E-state index contributed by atoms with van der Waals surface area (Å²) in [7, 11) is 3.38. The largest absolute Gasteiger partial charge is 0.369 e. The highest BCUT2D eigenvalue weighted by Crippen LogP contribution is 1.63. The second-order valence-corrected chi connectivity index (χ2v) is 2.01. The van der Waals surface area contributed by atoms with Gasteiger partial charge in [0, 0.05) is 14.1 Å². The number of rotatable bonds is 2. The predicted octanol–water partition coefficient (Wildman–Crippen LogP) is -0.894. The molecule has 4 nitrogen and oxygen atoms in total. The van der Waals surface area contributed by atoms with Gasteiger partial charge in [0.15, 0.2) is 0 Å². The van der Waals surface area contributed by atoms with Gasteiger partial charge in [-0.2, -0.15) is 12.6 Å². The Balaban J connectivity index is 0. The van der Waals surface area contributed by atoms with Crippen LogP contribution in [0, 0.1) is 0 Å². The van der Waals surface area contributed by atoms with Crippen LogP contribution in [0.25, 0.3) is 0 Å². The number of hydrogen-bond acceptors (Lipinski definition) is 3. The molecule has 0 aliphatic heterocycles. The van der Waals surface area contributed by atoms with Gasteiger partial charge in [-0.05, 0) is 0 Å². The molecule has 5 heteroatoms. The van der Waals surface area contributed by atoms with Gasteiger partial charge in [0.25, 0.3) is 0 Å². The summed E-state index contributed by atoms with van der Waals surface area (Å²) >= 11 is 3.54. The van der Waals surface area contributed by atoms with Crippen molar-refractivity contribution >= 4 is 24.9 Å². The van der Waals surface area contributed by atoms with Crippen molar-refractivity contribution in [1.82, 2.24) is 4.90 Å². The molecular weight excluding hydrogens is 152 g/mol. The van der Waals surface area contributed by atoms with E-state index in [1.807, 2.05) is 0 Å². The van der Waals surface area contributed by atoms with Crippen molar-refractivity contribution in [3.63, 3.8) is 0 Å². The summed E-state index contributed by atoms with van der Waals surface area (Å²) < 4.78 is 0. The van der Waals surface area contributed by atoms with Crippen molar-refractivity contribution in [1.29, 1.82) is 0 Å². The van der Waals surface area contributed by atoms with Crippen LogP contribution in [0.15, 0.2) is 0 Å². The first-order chi connectivity index (χ1) is 4.54. The highest BCUT2D eigenvalue weighted by Gasteiger charge is 1.78. The van der Waals surface area contributed by atoms with E-state index in [4.69, 9.17) is 0 Å². The van der Waals surface area contributed by atoms with E-state index in [1.54, 1.807) is 14.1 Å². The molecular formula is C5H12N2O2S. The van der Waals surface area contributed by atoms with E-state index in [0.717, 1.165) is 6.41 Å². The second kappa shape index (κ2) is 8.29. The first-order valence-electron chi connectivity index (χ1n) is 2.55. The minimum absolute atomic E-state index is 0.139. The lowest BCUT2D eigenvalue weighted by atomic mass is 10.8. The lowest BCUT2D eigenvalue weighted by Gasteiger charge is -1.93. The van der Waals surface area contributed by atoms with Gasteiger partial charge in [0.1, 0.15) is 0 Å². The number of thiol groups is 1. The average molecular weight is 164 g/mol. The van der Waals surface area contributed by atoms with Gasteiger partial charge in [0.05, 0.1) is 5.75 Å². The smallest absolute Gasteiger partial charge is 0.227 e. The molecule has 0 fully saturated rings. The first kappa shape index (κ1) is 12.0. The molecule has 0 unspecified atom stereocenters. The molecule has 10 heavy (non-hydrogen) atoms. The highest BCUT2D eigenvalue weighted by atomic mass is 32.1. The number of carbonyl (C=O) groups is 2. The van der Waals surface area contributed by atoms with Crippen molar-refractivity contribution in [2.24, 2.45) is 5.73 Å². The summed E-state index contributed by atoms with van der Waals surface area (Å²) in [6, 6.07) is 0. The molecule has 0 bridgehead atoms. The van der Waals surface area contributed by atoms with Gasteiger partial charge in [-0.25, -0.2) is 0 Å². The lowest BCUT2D eigenvalue weighted by Crippen LogP contribution is -2.10. The molecule has 2 N–H and O–H groups in total. The van der Waals surface area contributed by atoms with E-state index in [0.29, 0.717) is 0 Å². The molecule has 0 aromatic rings. The van der Waals surface area contributed by atoms with E-state index in [1.165, 1.54) is 4.90 Å². The van der Waals surface area contributed by atoms with Crippen LogP contribution in [0.3, 0.4) is 0 Å². The molecule has 0 aromatic carbocycles. The third-order valence-corrected chi connectivity index (χ3v) is 0.678. The van der Waals surface area contributed by atoms with Crippen molar-refractivity contribution in [2.45, 2.75) is 0 Å². The number of hydrogen-bond donors (Lipinski definition) is 2. The van der Waals surface area contributed by atoms with Crippen molar-refractivity contribution in [2.75, 3.05) is 19.8 Å². The van der Waals surface area contributed by atoms with Crippen molar-refractivity contribution in [3.8, 4) is 0 Å². The Hall–Kier alpha value is -0.710. The Morgan fingerprint density at radius 1 is 1.70 bits per heavy atom. The minimum atomic E-state index is -0.381. The standard InChI is InChI=1S/C3H7NO.C2H5NOS/c1-4(2)3-5;3-2(4)1-5/h3H,1-2H3;5H,1H2,(H2,3,4). The van der Waals surface area contributed by atoms with Crippen LogP contribution < -0.4 is 5.73 Å². The number of carbonyl (C=O) groups excluding carboxylic acids is 2. The minimum Gasteiger partial charge on any atom is -0.369 e. The van der Waals surface area contributed by atoms with E-state index >= 15 is 0 Å². The zero-order valence-electron chi connectivity index (χ0n) is 6.07. The van der Waals surface area contributed by atoms with Gasteiger partial charge in [-0.15, -0.1) is 0 Å². The summed E-state index contributed by atoms with van der Waals surface area (Å²) in [4.78, 5) is 20.4. The number of nitrogens with zero attached hydrogens (tertiary/aromatic N) is 1. The Bertz CT molecular complexity index is 106.